The quantitative estimate of drug-likeness (QED) is 0.0744. The maximum absolute atomic E-state index is 2.40. The van der Waals surface area contributed by atoms with Gasteiger partial charge in [0.2, 0.25) is 0 Å². The third kappa shape index (κ3) is 6.68. The van der Waals surface area contributed by atoms with Crippen LogP contribution in [0.15, 0.2) is 194 Å². The second-order valence-corrected chi connectivity index (χ2v) is 14.9. The molecule has 0 bridgehead atoms. The van der Waals surface area contributed by atoms with Crippen LogP contribution in [0, 0.1) is 0 Å². The van der Waals surface area contributed by atoms with E-state index >= 15 is 0 Å². The number of hydrogen-bond donors (Lipinski definition) is 0. The van der Waals surface area contributed by atoms with Crippen molar-refractivity contribution >= 4 is 0 Å². The summed E-state index contributed by atoms with van der Waals surface area (Å²) in [6.07, 6.45) is 11.2. The minimum Gasteiger partial charge on any atom is -0.0622 e. The number of unbranched alkanes of at least 4 members (excludes halogenated alkanes) is 6. The molecule has 0 aliphatic heterocycles. The van der Waals surface area contributed by atoms with Gasteiger partial charge in [-0.2, -0.15) is 0 Å². The Balaban J connectivity index is 0.882. The number of benzene rings is 7. The van der Waals surface area contributed by atoms with Gasteiger partial charge in [0.05, 0.1) is 5.41 Å². The summed E-state index contributed by atoms with van der Waals surface area (Å²) in [5.74, 6) is 0. The monoisotopic (exact) mass is 686 g/mol. The van der Waals surface area contributed by atoms with Crippen LogP contribution in [0.1, 0.15) is 95.9 Å². The predicted octanol–water partition coefficient (Wildman–Crippen LogP) is 13.7. The molecule has 0 nitrogen and oxygen atoms in total. The van der Waals surface area contributed by atoms with Crippen molar-refractivity contribution in [3.63, 3.8) is 0 Å². The molecule has 262 valence electrons. The van der Waals surface area contributed by atoms with Gasteiger partial charge in [-0.15, -0.1) is 0 Å². The smallest absolute Gasteiger partial charge is 0.0622 e. The van der Waals surface area contributed by atoms with Crippen LogP contribution >= 0.6 is 0 Å². The summed E-state index contributed by atoms with van der Waals surface area (Å²) in [6, 6.07) is 72.2. The summed E-state index contributed by atoms with van der Waals surface area (Å²) in [4.78, 5) is 0. The number of rotatable bonds is 15. The van der Waals surface area contributed by atoms with Gasteiger partial charge in [-0.3, -0.25) is 0 Å². The summed E-state index contributed by atoms with van der Waals surface area (Å²) in [7, 11) is 0. The van der Waals surface area contributed by atoms with E-state index in [1.807, 2.05) is 0 Å². The SMILES string of the molecule is c1ccc(C(CCCCCCCCCc2ccc(C3(c4ccccc4)c4ccccc4-c4ccccc43)cc2)(c2ccccc2)c2ccccc2)cc1. The number of fused-ring (bicyclic) bond motifs is 3. The average molecular weight is 687 g/mol. The molecule has 7 aromatic carbocycles. The van der Waals surface area contributed by atoms with Crippen LogP contribution in [-0.4, -0.2) is 0 Å². The van der Waals surface area contributed by atoms with E-state index in [-0.39, 0.29) is 10.8 Å². The molecule has 7 aromatic rings. The minimum absolute atomic E-state index is 0.134. The highest BCUT2D eigenvalue weighted by Crippen LogP contribution is 2.56. The molecule has 53 heavy (non-hydrogen) atoms. The normalized spacial score (nSPS) is 13.0. The van der Waals surface area contributed by atoms with E-state index in [0.717, 1.165) is 12.8 Å². The molecule has 0 radical (unpaired) electrons. The summed E-state index contributed by atoms with van der Waals surface area (Å²) < 4.78 is 0. The maximum atomic E-state index is 2.40. The van der Waals surface area contributed by atoms with E-state index in [1.165, 1.54) is 101 Å². The lowest BCUT2D eigenvalue weighted by atomic mass is 9.66. The summed E-state index contributed by atoms with van der Waals surface area (Å²) in [5.41, 5.74) is 13.3. The minimum atomic E-state index is -0.310. The second kappa shape index (κ2) is 16.1. The van der Waals surface area contributed by atoms with E-state index in [1.54, 1.807) is 0 Å². The van der Waals surface area contributed by atoms with Gasteiger partial charge >= 0.3 is 0 Å². The first kappa shape index (κ1) is 34.6. The first-order valence-corrected chi connectivity index (χ1v) is 19.8. The fraction of sp³-hybridized carbons (Fsp3) is 0.208. The zero-order valence-electron chi connectivity index (χ0n) is 30.8. The van der Waals surface area contributed by atoms with Gasteiger partial charge in [0.1, 0.15) is 0 Å². The molecule has 1 aliphatic rings. The van der Waals surface area contributed by atoms with E-state index in [0.29, 0.717) is 0 Å². The van der Waals surface area contributed by atoms with Crippen molar-refractivity contribution in [2.24, 2.45) is 0 Å². The molecule has 0 atom stereocenters. The largest absolute Gasteiger partial charge is 0.0713 e. The Morgan fingerprint density at radius 1 is 0.321 bits per heavy atom. The molecular formula is C53H50. The Morgan fingerprint density at radius 2 is 0.698 bits per heavy atom. The molecule has 1 aliphatic carbocycles. The van der Waals surface area contributed by atoms with Crippen molar-refractivity contribution in [2.45, 2.75) is 68.6 Å². The van der Waals surface area contributed by atoms with Gasteiger partial charge in [-0.1, -0.05) is 233 Å². The average Bonchev–Trinajstić information content (AvgIpc) is 3.54. The van der Waals surface area contributed by atoms with Crippen LogP contribution in [0.25, 0.3) is 11.1 Å². The molecule has 0 aromatic heterocycles. The lowest BCUT2D eigenvalue weighted by Gasteiger charge is -2.36. The van der Waals surface area contributed by atoms with Gasteiger partial charge in [0.15, 0.2) is 0 Å². The molecule has 0 saturated heterocycles. The van der Waals surface area contributed by atoms with Crippen LogP contribution in [0.5, 0.6) is 0 Å². The highest BCUT2D eigenvalue weighted by atomic mass is 14.5. The first-order valence-electron chi connectivity index (χ1n) is 19.8. The lowest BCUT2D eigenvalue weighted by molar-refractivity contribution is 0.495. The molecule has 0 heteroatoms. The molecule has 0 amide bonds. The second-order valence-electron chi connectivity index (χ2n) is 14.9. The van der Waals surface area contributed by atoms with Crippen molar-refractivity contribution in [2.75, 3.05) is 0 Å². The fourth-order valence-corrected chi connectivity index (χ4v) is 9.34. The van der Waals surface area contributed by atoms with Gasteiger partial charge in [-0.05, 0) is 74.9 Å². The molecule has 8 rings (SSSR count). The van der Waals surface area contributed by atoms with Crippen molar-refractivity contribution in [1.29, 1.82) is 0 Å². The zero-order chi connectivity index (χ0) is 35.8. The molecule has 0 fully saturated rings. The van der Waals surface area contributed by atoms with Gasteiger partial charge in [-0.25, -0.2) is 0 Å². The Bertz CT molecular complexity index is 2040. The third-order valence-corrected chi connectivity index (χ3v) is 11.9. The van der Waals surface area contributed by atoms with Gasteiger partial charge in [0, 0.05) is 5.41 Å². The summed E-state index contributed by atoms with van der Waals surface area (Å²) in [5, 5.41) is 0. The summed E-state index contributed by atoms with van der Waals surface area (Å²) >= 11 is 0. The fourth-order valence-electron chi connectivity index (χ4n) is 9.34. The van der Waals surface area contributed by atoms with Crippen LogP contribution < -0.4 is 0 Å². The topological polar surface area (TPSA) is 0 Å². The zero-order valence-corrected chi connectivity index (χ0v) is 30.8. The molecule has 0 N–H and O–H groups in total. The predicted molar refractivity (Wildman–Crippen MR) is 224 cm³/mol. The van der Waals surface area contributed by atoms with Crippen LogP contribution in [0.2, 0.25) is 0 Å². The maximum Gasteiger partial charge on any atom is 0.0713 e. The molecule has 0 spiro atoms. The van der Waals surface area contributed by atoms with Crippen LogP contribution in [0.4, 0.5) is 0 Å². The van der Waals surface area contributed by atoms with E-state index < -0.39 is 0 Å². The van der Waals surface area contributed by atoms with Crippen LogP contribution in [-0.2, 0) is 17.3 Å². The van der Waals surface area contributed by atoms with E-state index in [2.05, 4.69) is 194 Å². The Hall–Kier alpha value is -5.46. The van der Waals surface area contributed by atoms with Crippen molar-refractivity contribution in [3.8, 4) is 11.1 Å². The van der Waals surface area contributed by atoms with Crippen molar-refractivity contribution in [3.05, 3.63) is 239 Å². The molecule has 0 unspecified atom stereocenters. The van der Waals surface area contributed by atoms with Crippen molar-refractivity contribution in [1.82, 2.24) is 0 Å². The Morgan fingerprint density at radius 3 is 1.19 bits per heavy atom. The molecule has 0 heterocycles. The van der Waals surface area contributed by atoms with Gasteiger partial charge < -0.3 is 0 Å². The highest BCUT2D eigenvalue weighted by molar-refractivity contribution is 5.86. The molecule has 0 saturated carbocycles. The van der Waals surface area contributed by atoms with Gasteiger partial charge in [0.25, 0.3) is 0 Å². The molecular weight excluding hydrogens is 637 g/mol. The first-order chi connectivity index (χ1) is 26.3. The Labute approximate surface area is 317 Å². The van der Waals surface area contributed by atoms with E-state index in [4.69, 9.17) is 0 Å². The lowest BCUT2D eigenvalue weighted by Crippen LogP contribution is -2.29. The highest BCUT2D eigenvalue weighted by Gasteiger charge is 2.45. The van der Waals surface area contributed by atoms with E-state index in [9.17, 15) is 0 Å². The number of hydrogen-bond acceptors (Lipinski definition) is 0. The standard InChI is InChI=1S/C53H50/c1(3-5-23-41-52(43-25-11-6-12-26-43,44-27-13-7-14-28-44)45-29-15-8-16-30-45)2-4-10-24-42-37-39-47(40-38-42)53(46-31-17-9-18-32-46)50-35-21-19-33-48(50)49-34-20-22-36-51(49)53/h6-9,11-22,25-40H,1-5,10,23-24,41H2. The summed E-state index contributed by atoms with van der Waals surface area (Å²) in [6.45, 7) is 0. The van der Waals surface area contributed by atoms with Crippen LogP contribution in [0.3, 0.4) is 0 Å². The number of aryl methyl sites for hydroxylation is 1. The third-order valence-electron chi connectivity index (χ3n) is 11.9. The van der Waals surface area contributed by atoms with Crippen molar-refractivity contribution < 1.29 is 0 Å². The Kier molecular flexibility index (Phi) is 10.5.